The number of hydrogen-bond donors (Lipinski definition) is 2. The Labute approximate surface area is 198 Å². The highest BCUT2D eigenvalue weighted by Crippen LogP contribution is 2.37. The molecule has 0 unspecified atom stereocenters. The van der Waals surface area contributed by atoms with Gasteiger partial charge in [-0.05, 0) is 38.5 Å². The first-order chi connectivity index (χ1) is 13.7. The van der Waals surface area contributed by atoms with E-state index in [0.717, 1.165) is 45.0 Å². The summed E-state index contributed by atoms with van der Waals surface area (Å²) >= 11 is 2.09. The minimum absolute atomic E-state index is 0. The normalized spacial score (nSPS) is 23.5. The van der Waals surface area contributed by atoms with Gasteiger partial charge in [0.25, 0.3) is 0 Å². The van der Waals surface area contributed by atoms with Crippen LogP contribution in [0.25, 0.3) is 0 Å². The Morgan fingerprint density at radius 2 is 1.79 bits per heavy atom. The molecule has 2 saturated heterocycles. The van der Waals surface area contributed by atoms with Gasteiger partial charge in [-0.25, -0.2) is 0 Å². The number of nitrogens with one attached hydrogen (secondary N) is 2. The molecule has 2 N–H and O–H groups in total. The van der Waals surface area contributed by atoms with Crippen molar-refractivity contribution in [2.45, 2.75) is 57.4 Å². The number of carbonyl (C=O) groups is 1. The van der Waals surface area contributed by atoms with Gasteiger partial charge in [-0.15, -0.1) is 24.0 Å². The maximum atomic E-state index is 11.7. The number of halogens is 1. The summed E-state index contributed by atoms with van der Waals surface area (Å²) in [7, 11) is 1.73. The van der Waals surface area contributed by atoms with Gasteiger partial charge in [0.15, 0.2) is 5.96 Å². The van der Waals surface area contributed by atoms with Crippen molar-refractivity contribution < 1.29 is 4.79 Å². The molecule has 8 heteroatoms. The van der Waals surface area contributed by atoms with E-state index in [-0.39, 0.29) is 29.9 Å². The highest BCUT2D eigenvalue weighted by atomic mass is 127. The molecule has 0 atom stereocenters. The zero-order chi connectivity index (χ0) is 19.8. The summed E-state index contributed by atoms with van der Waals surface area (Å²) in [6.07, 6.45) is 8.11. The van der Waals surface area contributed by atoms with E-state index in [1.165, 1.54) is 50.3 Å². The van der Waals surface area contributed by atoms with Crippen molar-refractivity contribution in [3.05, 3.63) is 0 Å². The zero-order valence-electron chi connectivity index (χ0n) is 18.3. The van der Waals surface area contributed by atoms with E-state index in [2.05, 4.69) is 39.1 Å². The summed E-state index contributed by atoms with van der Waals surface area (Å²) in [6, 6.07) is 0. The van der Waals surface area contributed by atoms with E-state index in [1.807, 2.05) is 0 Å². The highest BCUT2D eigenvalue weighted by molar-refractivity contribution is 14.0. The van der Waals surface area contributed by atoms with Crippen LogP contribution in [0, 0.1) is 5.92 Å². The Morgan fingerprint density at radius 3 is 2.38 bits per heavy atom. The molecule has 1 saturated carbocycles. The lowest BCUT2D eigenvalue weighted by atomic mass is 9.93. The van der Waals surface area contributed by atoms with E-state index in [9.17, 15) is 4.79 Å². The summed E-state index contributed by atoms with van der Waals surface area (Å²) in [4.78, 5) is 22.0. The second kappa shape index (κ2) is 12.6. The van der Waals surface area contributed by atoms with Gasteiger partial charge in [0.05, 0.1) is 6.54 Å². The van der Waals surface area contributed by atoms with Crippen LogP contribution in [-0.4, -0.2) is 85.0 Å². The first kappa shape index (κ1) is 25.0. The Balaban J connectivity index is 0.00000300. The summed E-state index contributed by atoms with van der Waals surface area (Å²) in [5.74, 6) is 4.29. The lowest BCUT2D eigenvalue weighted by Gasteiger charge is -2.43. The van der Waals surface area contributed by atoms with Crippen LogP contribution in [0.1, 0.15) is 51.9 Å². The number of nitrogens with zero attached hydrogens (tertiary/aromatic N) is 3. The first-order valence-corrected chi connectivity index (χ1v) is 12.4. The van der Waals surface area contributed by atoms with Crippen molar-refractivity contribution in [2.24, 2.45) is 10.9 Å². The van der Waals surface area contributed by atoms with Crippen LogP contribution in [0.3, 0.4) is 0 Å². The van der Waals surface area contributed by atoms with Crippen LogP contribution < -0.4 is 10.6 Å². The fourth-order valence-electron chi connectivity index (χ4n) is 5.01. The third kappa shape index (κ3) is 6.89. The summed E-state index contributed by atoms with van der Waals surface area (Å²) in [6.45, 7) is 8.44. The number of likely N-dealkylation sites (tertiary alicyclic amines) is 1. The van der Waals surface area contributed by atoms with Crippen LogP contribution in [-0.2, 0) is 4.79 Å². The van der Waals surface area contributed by atoms with Crippen molar-refractivity contribution in [1.82, 2.24) is 20.4 Å². The number of piperidine rings is 1. The Kier molecular flexibility index (Phi) is 10.9. The second-order valence-corrected chi connectivity index (χ2v) is 9.73. The SMILES string of the molecule is CCNC(=NCC1(N2CCSCC2)CCCC1)N1CCC(CC(=O)NC)CC1.I. The minimum atomic E-state index is 0. The Hall–Kier alpha value is -0.220. The average Bonchev–Trinajstić information content (AvgIpc) is 3.22. The standard InChI is InChI=1S/C21H39N5OS.HI/c1-3-23-20(25-10-6-18(7-11-25)16-19(27)22-2)24-17-21(8-4-5-9-21)26-12-14-28-15-13-26;/h18H,3-17H2,1-2H3,(H,22,27)(H,23,24);1H. The fraction of sp³-hybridized carbons (Fsp3) is 0.905. The molecule has 3 rings (SSSR count). The van der Waals surface area contributed by atoms with Crippen LogP contribution in [0.2, 0.25) is 0 Å². The molecule has 2 heterocycles. The predicted molar refractivity (Wildman–Crippen MR) is 134 cm³/mol. The van der Waals surface area contributed by atoms with E-state index >= 15 is 0 Å². The molecule has 2 aliphatic heterocycles. The molecule has 0 aromatic carbocycles. The molecule has 29 heavy (non-hydrogen) atoms. The highest BCUT2D eigenvalue weighted by Gasteiger charge is 2.40. The molecule has 1 aliphatic carbocycles. The van der Waals surface area contributed by atoms with Crippen LogP contribution in [0.4, 0.5) is 0 Å². The summed E-state index contributed by atoms with van der Waals surface area (Å²) in [5.41, 5.74) is 0.291. The lowest BCUT2D eigenvalue weighted by molar-refractivity contribution is -0.121. The first-order valence-electron chi connectivity index (χ1n) is 11.2. The lowest BCUT2D eigenvalue weighted by Crippen LogP contribution is -2.53. The summed E-state index contributed by atoms with van der Waals surface area (Å²) in [5, 5.41) is 6.30. The zero-order valence-corrected chi connectivity index (χ0v) is 21.4. The Morgan fingerprint density at radius 1 is 1.14 bits per heavy atom. The molecule has 3 fully saturated rings. The number of rotatable bonds is 6. The molecular weight excluding hydrogens is 497 g/mol. The Bertz CT molecular complexity index is 527. The van der Waals surface area contributed by atoms with Gasteiger partial charge in [-0.1, -0.05) is 12.8 Å². The van der Waals surface area contributed by atoms with Gasteiger partial charge in [-0.2, -0.15) is 11.8 Å². The summed E-state index contributed by atoms with van der Waals surface area (Å²) < 4.78 is 0. The van der Waals surface area contributed by atoms with Crippen molar-refractivity contribution in [3.8, 4) is 0 Å². The van der Waals surface area contributed by atoms with Gasteiger partial charge in [0.2, 0.25) is 5.91 Å². The van der Waals surface area contributed by atoms with Crippen LogP contribution >= 0.6 is 35.7 Å². The number of carbonyl (C=O) groups excluding carboxylic acids is 1. The predicted octanol–water partition coefficient (Wildman–Crippen LogP) is 2.78. The van der Waals surface area contributed by atoms with E-state index in [0.29, 0.717) is 17.9 Å². The van der Waals surface area contributed by atoms with Crippen molar-refractivity contribution in [1.29, 1.82) is 0 Å². The molecule has 0 aromatic heterocycles. The molecule has 6 nitrogen and oxygen atoms in total. The molecule has 3 aliphatic rings. The van der Waals surface area contributed by atoms with Gasteiger partial charge in [0, 0.05) is 63.2 Å². The van der Waals surface area contributed by atoms with Crippen molar-refractivity contribution >= 4 is 47.6 Å². The van der Waals surface area contributed by atoms with Gasteiger partial charge in [-0.3, -0.25) is 14.7 Å². The fourth-order valence-corrected chi connectivity index (χ4v) is 5.91. The quantitative estimate of drug-likeness (QED) is 0.310. The molecule has 1 amide bonds. The molecule has 0 spiro atoms. The number of thioether (sulfide) groups is 1. The van der Waals surface area contributed by atoms with E-state index in [1.54, 1.807) is 7.05 Å². The van der Waals surface area contributed by atoms with Gasteiger partial charge in [0.1, 0.15) is 0 Å². The maximum Gasteiger partial charge on any atom is 0.220 e. The third-order valence-electron chi connectivity index (χ3n) is 6.74. The average molecular weight is 538 g/mol. The van der Waals surface area contributed by atoms with E-state index in [4.69, 9.17) is 4.99 Å². The molecule has 168 valence electrons. The number of amides is 1. The minimum Gasteiger partial charge on any atom is -0.359 e. The number of guanidine groups is 1. The van der Waals surface area contributed by atoms with E-state index < -0.39 is 0 Å². The monoisotopic (exact) mass is 537 g/mol. The van der Waals surface area contributed by atoms with Crippen LogP contribution in [0.5, 0.6) is 0 Å². The molecule has 0 aromatic rings. The maximum absolute atomic E-state index is 11.7. The molecule has 0 radical (unpaired) electrons. The smallest absolute Gasteiger partial charge is 0.220 e. The number of hydrogen-bond acceptors (Lipinski definition) is 4. The largest absolute Gasteiger partial charge is 0.359 e. The van der Waals surface area contributed by atoms with Crippen molar-refractivity contribution in [3.63, 3.8) is 0 Å². The second-order valence-electron chi connectivity index (χ2n) is 8.51. The van der Waals surface area contributed by atoms with Gasteiger partial charge >= 0.3 is 0 Å². The third-order valence-corrected chi connectivity index (χ3v) is 7.68. The van der Waals surface area contributed by atoms with Crippen LogP contribution in [0.15, 0.2) is 4.99 Å². The number of aliphatic imine (C=N–C) groups is 1. The molecule has 0 bridgehead atoms. The van der Waals surface area contributed by atoms with Crippen molar-refractivity contribution in [2.75, 3.05) is 57.8 Å². The molecular formula is C21H40IN5OS. The topological polar surface area (TPSA) is 60.0 Å². The van der Waals surface area contributed by atoms with Gasteiger partial charge < -0.3 is 15.5 Å².